The second-order valence-corrected chi connectivity index (χ2v) is 5.33. The van der Waals surface area contributed by atoms with Crippen LogP contribution in [0.4, 0.5) is 10.1 Å². The van der Waals surface area contributed by atoms with Gasteiger partial charge in [0.05, 0.1) is 6.10 Å². The summed E-state index contributed by atoms with van der Waals surface area (Å²) in [6.07, 6.45) is 7.18. The van der Waals surface area contributed by atoms with E-state index in [4.69, 9.17) is 4.74 Å². The van der Waals surface area contributed by atoms with Crippen molar-refractivity contribution in [2.24, 2.45) is 0 Å². The van der Waals surface area contributed by atoms with E-state index in [9.17, 15) is 4.39 Å². The lowest BCUT2D eigenvalue weighted by Gasteiger charge is -2.19. The summed E-state index contributed by atoms with van der Waals surface area (Å²) < 4.78 is 19.7. The van der Waals surface area contributed by atoms with Crippen LogP contribution in [0.25, 0.3) is 0 Å². The van der Waals surface area contributed by atoms with E-state index >= 15 is 0 Å². The zero-order valence-corrected chi connectivity index (χ0v) is 10.7. The Balaban J connectivity index is 1.71. The van der Waals surface area contributed by atoms with E-state index in [-0.39, 0.29) is 11.9 Å². The first-order chi connectivity index (χ1) is 8.83. The molecule has 1 aliphatic carbocycles. The fraction of sp³-hybridized carbons (Fsp3) is 0.600. The molecular formula is C15H20FNO. The molecule has 3 heteroatoms. The Bertz CT molecular complexity index is 409. The van der Waals surface area contributed by atoms with Crippen molar-refractivity contribution in [2.75, 3.05) is 18.0 Å². The van der Waals surface area contributed by atoms with Crippen LogP contribution >= 0.6 is 0 Å². The highest BCUT2D eigenvalue weighted by atomic mass is 19.1. The van der Waals surface area contributed by atoms with E-state index in [1.54, 1.807) is 12.1 Å². The minimum atomic E-state index is -0.216. The third-order valence-corrected chi connectivity index (χ3v) is 3.98. The van der Waals surface area contributed by atoms with Gasteiger partial charge in [0.15, 0.2) is 11.6 Å². The molecule has 2 aliphatic rings. The molecule has 0 aromatic heterocycles. The zero-order chi connectivity index (χ0) is 12.4. The minimum absolute atomic E-state index is 0.216. The maximum Gasteiger partial charge on any atom is 0.167 e. The molecule has 1 aromatic carbocycles. The van der Waals surface area contributed by atoms with Crippen molar-refractivity contribution < 1.29 is 9.13 Å². The van der Waals surface area contributed by atoms with E-state index in [1.165, 1.54) is 25.7 Å². The summed E-state index contributed by atoms with van der Waals surface area (Å²) in [6, 6.07) is 5.40. The van der Waals surface area contributed by atoms with E-state index in [2.05, 4.69) is 4.90 Å². The van der Waals surface area contributed by atoms with Crippen LogP contribution < -0.4 is 9.64 Å². The number of benzene rings is 1. The summed E-state index contributed by atoms with van der Waals surface area (Å²) in [5, 5.41) is 0. The van der Waals surface area contributed by atoms with Crippen molar-refractivity contribution in [3.63, 3.8) is 0 Å². The topological polar surface area (TPSA) is 12.5 Å². The van der Waals surface area contributed by atoms with Crippen LogP contribution in [0.2, 0.25) is 0 Å². The Hall–Kier alpha value is -1.25. The molecule has 1 saturated carbocycles. The second-order valence-electron chi connectivity index (χ2n) is 5.33. The molecule has 1 saturated heterocycles. The number of ether oxygens (including phenoxy) is 1. The molecule has 98 valence electrons. The zero-order valence-electron chi connectivity index (χ0n) is 10.7. The maximum absolute atomic E-state index is 14.0. The van der Waals surface area contributed by atoms with Gasteiger partial charge in [-0.25, -0.2) is 4.39 Å². The van der Waals surface area contributed by atoms with Crippen LogP contribution in [0, 0.1) is 5.82 Å². The summed E-state index contributed by atoms with van der Waals surface area (Å²) in [4.78, 5) is 2.24. The SMILES string of the molecule is Fc1cc(N2CCCC2)ccc1OC1CCCC1. The Morgan fingerprint density at radius 3 is 2.44 bits per heavy atom. The first-order valence-electron chi connectivity index (χ1n) is 7.04. The molecule has 2 nitrogen and oxygen atoms in total. The van der Waals surface area contributed by atoms with Gasteiger partial charge < -0.3 is 9.64 Å². The van der Waals surface area contributed by atoms with Gasteiger partial charge >= 0.3 is 0 Å². The molecule has 1 heterocycles. The second kappa shape index (κ2) is 5.17. The molecule has 0 bridgehead atoms. The van der Waals surface area contributed by atoms with Crippen LogP contribution in [-0.2, 0) is 0 Å². The fourth-order valence-electron chi connectivity index (χ4n) is 2.94. The van der Waals surface area contributed by atoms with Crippen molar-refractivity contribution in [3.05, 3.63) is 24.0 Å². The number of nitrogens with zero attached hydrogens (tertiary/aromatic N) is 1. The predicted octanol–water partition coefficient (Wildman–Crippen LogP) is 3.75. The molecule has 0 radical (unpaired) electrons. The van der Waals surface area contributed by atoms with Crippen molar-refractivity contribution >= 4 is 5.69 Å². The van der Waals surface area contributed by atoms with E-state index in [0.717, 1.165) is 31.6 Å². The lowest BCUT2D eigenvalue weighted by atomic mass is 10.2. The first-order valence-corrected chi connectivity index (χ1v) is 7.04. The summed E-state index contributed by atoms with van der Waals surface area (Å²) in [5.41, 5.74) is 0.990. The Morgan fingerprint density at radius 1 is 1.06 bits per heavy atom. The molecular weight excluding hydrogens is 229 g/mol. The van der Waals surface area contributed by atoms with Gasteiger partial charge in [0, 0.05) is 24.8 Å². The summed E-state index contributed by atoms with van der Waals surface area (Å²) in [5.74, 6) is 0.205. The minimum Gasteiger partial charge on any atom is -0.487 e. The molecule has 1 aliphatic heterocycles. The molecule has 0 amide bonds. The van der Waals surface area contributed by atoms with Gasteiger partial charge in [-0.3, -0.25) is 0 Å². The molecule has 0 atom stereocenters. The van der Waals surface area contributed by atoms with Crippen LogP contribution in [-0.4, -0.2) is 19.2 Å². The molecule has 0 N–H and O–H groups in total. The van der Waals surface area contributed by atoms with Crippen LogP contribution in [0.1, 0.15) is 38.5 Å². The number of hydrogen-bond donors (Lipinski definition) is 0. The smallest absolute Gasteiger partial charge is 0.167 e. The van der Waals surface area contributed by atoms with Gasteiger partial charge in [-0.2, -0.15) is 0 Å². The standard InChI is InChI=1S/C15H20FNO/c16-14-11-12(17-9-3-4-10-17)7-8-15(14)18-13-5-1-2-6-13/h7-8,11,13H,1-6,9-10H2. The van der Waals surface area contributed by atoms with E-state index < -0.39 is 0 Å². The number of hydrogen-bond acceptors (Lipinski definition) is 2. The lowest BCUT2D eigenvalue weighted by Crippen LogP contribution is -2.18. The summed E-state index contributed by atoms with van der Waals surface area (Å²) >= 11 is 0. The Labute approximate surface area is 108 Å². The number of halogens is 1. The molecule has 0 unspecified atom stereocenters. The number of anilines is 1. The van der Waals surface area contributed by atoms with E-state index in [0.29, 0.717) is 5.75 Å². The molecule has 2 fully saturated rings. The van der Waals surface area contributed by atoms with Gasteiger partial charge in [0.2, 0.25) is 0 Å². The predicted molar refractivity (Wildman–Crippen MR) is 70.7 cm³/mol. The lowest BCUT2D eigenvalue weighted by molar-refractivity contribution is 0.201. The quantitative estimate of drug-likeness (QED) is 0.809. The van der Waals surface area contributed by atoms with Gasteiger partial charge in [-0.15, -0.1) is 0 Å². The highest BCUT2D eigenvalue weighted by molar-refractivity contribution is 5.50. The van der Waals surface area contributed by atoms with Crippen molar-refractivity contribution in [2.45, 2.75) is 44.6 Å². The molecule has 1 aromatic rings. The van der Waals surface area contributed by atoms with Crippen molar-refractivity contribution in [3.8, 4) is 5.75 Å². The highest BCUT2D eigenvalue weighted by Crippen LogP contribution is 2.29. The summed E-state index contributed by atoms with van der Waals surface area (Å²) in [7, 11) is 0. The third kappa shape index (κ3) is 2.45. The average molecular weight is 249 g/mol. The van der Waals surface area contributed by atoms with Crippen LogP contribution in [0.3, 0.4) is 0 Å². The van der Waals surface area contributed by atoms with E-state index in [1.807, 2.05) is 6.07 Å². The van der Waals surface area contributed by atoms with Crippen LogP contribution in [0.5, 0.6) is 5.75 Å². The van der Waals surface area contributed by atoms with Crippen molar-refractivity contribution in [1.82, 2.24) is 0 Å². The monoisotopic (exact) mass is 249 g/mol. The average Bonchev–Trinajstić information content (AvgIpc) is 3.04. The van der Waals surface area contributed by atoms with Gasteiger partial charge in [-0.1, -0.05) is 0 Å². The first kappa shape index (κ1) is 11.8. The fourth-order valence-corrected chi connectivity index (χ4v) is 2.94. The molecule has 0 spiro atoms. The largest absolute Gasteiger partial charge is 0.487 e. The number of rotatable bonds is 3. The van der Waals surface area contributed by atoms with Crippen LogP contribution in [0.15, 0.2) is 18.2 Å². The summed E-state index contributed by atoms with van der Waals surface area (Å²) in [6.45, 7) is 2.09. The third-order valence-electron chi connectivity index (χ3n) is 3.98. The maximum atomic E-state index is 14.0. The van der Waals surface area contributed by atoms with Gasteiger partial charge in [-0.05, 0) is 50.7 Å². The highest BCUT2D eigenvalue weighted by Gasteiger charge is 2.19. The Morgan fingerprint density at radius 2 is 1.78 bits per heavy atom. The Kier molecular flexibility index (Phi) is 3.39. The van der Waals surface area contributed by atoms with Crippen molar-refractivity contribution in [1.29, 1.82) is 0 Å². The van der Waals surface area contributed by atoms with Gasteiger partial charge in [0.25, 0.3) is 0 Å². The molecule has 3 rings (SSSR count). The van der Waals surface area contributed by atoms with Gasteiger partial charge in [0.1, 0.15) is 0 Å². The molecule has 18 heavy (non-hydrogen) atoms. The normalized spacial score (nSPS) is 20.6.